The second-order valence-electron chi connectivity index (χ2n) is 5.74. The minimum atomic E-state index is 0.188. The van der Waals surface area contributed by atoms with Crippen LogP contribution in [0.4, 0.5) is 0 Å². The van der Waals surface area contributed by atoms with E-state index in [-0.39, 0.29) is 12.1 Å². The van der Waals surface area contributed by atoms with Crippen LogP contribution in [0.3, 0.4) is 0 Å². The van der Waals surface area contributed by atoms with Crippen LogP contribution in [0.5, 0.6) is 0 Å². The van der Waals surface area contributed by atoms with Gasteiger partial charge in [-0.25, -0.2) is 9.44 Å². The third kappa shape index (κ3) is 2.63. The highest BCUT2D eigenvalue weighted by molar-refractivity contribution is 7.95. The minimum Gasteiger partial charge on any atom is -0.255 e. The topological polar surface area (TPSA) is 36.4 Å². The first-order valence-corrected chi connectivity index (χ1v) is 8.79. The summed E-state index contributed by atoms with van der Waals surface area (Å²) in [6.07, 6.45) is 0.927. The molecule has 4 rings (SSSR count). The molecular formula is C19H19N3S. The number of allylic oxidation sites excluding steroid dienone is 1. The lowest BCUT2D eigenvalue weighted by Crippen LogP contribution is -2.44. The maximum atomic E-state index is 5.05. The molecule has 2 heterocycles. The number of fused-ring (bicyclic) bond motifs is 1. The molecule has 0 radical (unpaired) electrons. The first-order valence-electron chi connectivity index (χ1n) is 7.98. The van der Waals surface area contributed by atoms with Crippen LogP contribution >= 0.6 is 12.1 Å². The summed E-state index contributed by atoms with van der Waals surface area (Å²) in [5.74, 6) is 0. The van der Waals surface area contributed by atoms with Crippen molar-refractivity contribution in [1.82, 2.24) is 9.44 Å². The Bertz CT molecular complexity index is 753. The average molecular weight is 321 g/mol. The number of benzene rings is 2. The van der Waals surface area contributed by atoms with E-state index in [0.29, 0.717) is 0 Å². The second-order valence-corrected chi connectivity index (χ2v) is 6.41. The van der Waals surface area contributed by atoms with Crippen LogP contribution in [0.1, 0.15) is 24.5 Å². The van der Waals surface area contributed by atoms with Gasteiger partial charge in [-0.3, -0.25) is 4.99 Å². The molecule has 2 unspecified atom stereocenters. The van der Waals surface area contributed by atoms with Gasteiger partial charge in [0.25, 0.3) is 0 Å². The van der Waals surface area contributed by atoms with Gasteiger partial charge >= 0.3 is 0 Å². The first-order chi connectivity index (χ1) is 11.4. The molecule has 116 valence electrons. The summed E-state index contributed by atoms with van der Waals surface area (Å²) in [7, 11) is 0. The third-order valence-corrected chi connectivity index (χ3v) is 5.11. The second kappa shape index (κ2) is 6.32. The van der Waals surface area contributed by atoms with Crippen LogP contribution in [0.25, 0.3) is 5.57 Å². The van der Waals surface area contributed by atoms with E-state index >= 15 is 0 Å². The quantitative estimate of drug-likeness (QED) is 0.844. The predicted molar refractivity (Wildman–Crippen MR) is 98.1 cm³/mol. The zero-order valence-corrected chi connectivity index (χ0v) is 13.8. The summed E-state index contributed by atoms with van der Waals surface area (Å²) in [4.78, 5) is 5.05. The van der Waals surface area contributed by atoms with Crippen LogP contribution in [0, 0.1) is 0 Å². The van der Waals surface area contributed by atoms with Gasteiger partial charge in [0.15, 0.2) is 0 Å². The smallest absolute Gasteiger partial charge is 0.0816 e. The molecular weight excluding hydrogens is 302 g/mol. The Morgan fingerprint density at radius 2 is 1.48 bits per heavy atom. The van der Waals surface area contributed by atoms with E-state index in [1.54, 1.807) is 12.1 Å². The zero-order valence-electron chi connectivity index (χ0n) is 13.0. The molecule has 2 aromatic rings. The van der Waals surface area contributed by atoms with E-state index in [4.69, 9.17) is 4.99 Å². The molecule has 0 bridgehead atoms. The molecule has 3 nitrogen and oxygen atoms in total. The van der Waals surface area contributed by atoms with E-state index in [2.05, 4.69) is 71.0 Å². The zero-order chi connectivity index (χ0) is 15.6. The van der Waals surface area contributed by atoms with Gasteiger partial charge < -0.3 is 0 Å². The predicted octanol–water partition coefficient (Wildman–Crippen LogP) is 3.80. The van der Waals surface area contributed by atoms with Crippen molar-refractivity contribution in [1.29, 1.82) is 0 Å². The molecule has 0 amide bonds. The average Bonchev–Trinajstić information content (AvgIpc) is 3.11. The van der Waals surface area contributed by atoms with Gasteiger partial charge in [-0.05, 0) is 17.5 Å². The Morgan fingerprint density at radius 1 is 0.870 bits per heavy atom. The van der Waals surface area contributed by atoms with Crippen LogP contribution in [0.15, 0.2) is 71.4 Å². The summed E-state index contributed by atoms with van der Waals surface area (Å²) >= 11 is 1.57. The van der Waals surface area contributed by atoms with Crippen molar-refractivity contribution in [3.05, 3.63) is 77.5 Å². The van der Waals surface area contributed by atoms with Crippen LogP contribution in [0.2, 0.25) is 0 Å². The molecule has 23 heavy (non-hydrogen) atoms. The molecule has 0 aromatic heterocycles. The summed E-state index contributed by atoms with van der Waals surface area (Å²) in [6.45, 7) is 2.18. The van der Waals surface area contributed by atoms with E-state index in [9.17, 15) is 0 Å². The number of rotatable bonds is 3. The normalized spacial score (nSPS) is 23.6. The lowest BCUT2D eigenvalue weighted by Gasteiger charge is -2.29. The summed E-state index contributed by atoms with van der Waals surface area (Å²) in [5, 5.41) is 0. The minimum absolute atomic E-state index is 0.188. The fourth-order valence-corrected chi connectivity index (χ4v) is 4.10. The summed E-state index contributed by atoms with van der Waals surface area (Å²) in [5.41, 5.74) is 6.07. The molecule has 4 heteroatoms. The van der Waals surface area contributed by atoms with Crippen LogP contribution in [-0.2, 0) is 0 Å². The molecule has 2 aromatic carbocycles. The highest BCUT2D eigenvalue weighted by Gasteiger charge is 2.39. The lowest BCUT2D eigenvalue weighted by molar-refractivity contribution is 0.705. The van der Waals surface area contributed by atoms with Crippen LogP contribution < -0.4 is 9.44 Å². The van der Waals surface area contributed by atoms with E-state index in [1.807, 2.05) is 6.07 Å². The first kappa shape index (κ1) is 14.7. The molecule has 0 saturated carbocycles. The largest absolute Gasteiger partial charge is 0.255 e. The van der Waals surface area contributed by atoms with Gasteiger partial charge in [-0.1, -0.05) is 67.6 Å². The standard InChI is InChI=1S/C19H19N3S/c1-2-15-16(13-9-5-3-6-10-13)18-19(22-23-21-18)17(20-15)14-11-7-4-8-12-14/h3-12,18-19,21-22H,2H2,1H3. The lowest BCUT2D eigenvalue weighted by atomic mass is 9.85. The van der Waals surface area contributed by atoms with Gasteiger partial charge in [0.1, 0.15) is 0 Å². The number of nitrogens with zero attached hydrogens (tertiary/aromatic N) is 1. The van der Waals surface area contributed by atoms with Crippen molar-refractivity contribution >= 4 is 23.4 Å². The van der Waals surface area contributed by atoms with Crippen molar-refractivity contribution < 1.29 is 0 Å². The highest BCUT2D eigenvalue weighted by Crippen LogP contribution is 2.36. The molecule has 1 saturated heterocycles. The Kier molecular flexibility index (Phi) is 4.04. The van der Waals surface area contributed by atoms with Crippen molar-refractivity contribution in [2.24, 2.45) is 4.99 Å². The number of hydrogen-bond donors (Lipinski definition) is 2. The van der Waals surface area contributed by atoms with Crippen molar-refractivity contribution in [3.63, 3.8) is 0 Å². The molecule has 0 spiro atoms. The number of nitrogens with one attached hydrogen (secondary N) is 2. The highest BCUT2D eigenvalue weighted by atomic mass is 32.2. The third-order valence-electron chi connectivity index (χ3n) is 4.37. The molecule has 2 aliphatic heterocycles. The fraction of sp³-hybridized carbons (Fsp3) is 0.211. The molecule has 1 fully saturated rings. The van der Waals surface area contributed by atoms with Gasteiger partial charge in [-0.15, -0.1) is 0 Å². The van der Waals surface area contributed by atoms with Crippen molar-refractivity contribution in [3.8, 4) is 0 Å². The van der Waals surface area contributed by atoms with Gasteiger partial charge in [-0.2, -0.15) is 0 Å². The van der Waals surface area contributed by atoms with Gasteiger partial charge in [0.05, 0.1) is 17.8 Å². The molecule has 0 aliphatic carbocycles. The maximum Gasteiger partial charge on any atom is 0.0816 e. The maximum absolute atomic E-state index is 5.05. The Hall–Kier alpha value is -1.88. The molecule has 2 N–H and O–H groups in total. The summed E-state index contributed by atoms with van der Waals surface area (Å²) in [6, 6.07) is 21.5. The Labute approximate surface area is 141 Å². The van der Waals surface area contributed by atoms with Crippen LogP contribution in [-0.4, -0.2) is 17.8 Å². The van der Waals surface area contributed by atoms with E-state index < -0.39 is 0 Å². The molecule has 2 aliphatic rings. The molecule has 2 atom stereocenters. The number of hydrogen-bond acceptors (Lipinski definition) is 4. The van der Waals surface area contributed by atoms with E-state index in [1.165, 1.54) is 22.4 Å². The van der Waals surface area contributed by atoms with Gasteiger partial charge in [0, 0.05) is 23.4 Å². The SMILES string of the molecule is CCC1=C(c2ccccc2)C2NSNC2C(c2ccccc2)=N1. The Morgan fingerprint density at radius 3 is 2.13 bits per heavy atom. The number of aliphatic imine (C=N–C) groups is 1. The summed E-state index contributed by atoms with van der Waals surface area (Å²) < 4.78 is 7.03. The van der Waals surface area contributed by atoms with E-state index in [0.717, 1.165) is 12.1 Å². The van der Waals surface area contributed by atoms with Crippen molar-refractivity contribution in [2.75, 3.05) is 0 Å². The Balaban J connectivity index is 1.87. The monoisotopic (exact) mass is 321 g/mol. The van der Waals surface area contributed by atoms with Crippen molar-refractivity contribution in [2.45, 2.75) is 25.4 Å². The van der Waals surface area contributed by atoms with Gasteiger partial charge in [0.2, 0.25) is 0 Å². The fourth-order valence-electron chi connectivity index (χ4n) is 3.28.